The smallest absolute Gasteiger partial charge is 0.337 e. The van der Waals surface area contributed by atoms with E-state index < -0.39 is 5.97 Å². The van der Waals surface area contributed by atoms with Gasteiger partial charge in [-0.25, -0.2) is 9.79 Å². The standard InChI is InChI=1S/C18H13ClN2O3S/c1-21-16(22)15(10-11-6-8-12(19)9-7-11)25-18(21)20-14-5-3-2-4-13(14)17(23)24/h2-10H,1H3,(H,23,24)/b15-10-,20-18?. The Kier molecular flexibility index (Phi) is 4.92. The third kappa shape index (κ3) is 3.75. The van der Waals surface area contributed by atoms with E-state index >= 15 is 0 Å². The highest BCUT2D eigenvalue weighted by Crippen LogP contribution is 2.34. The maximum Gasteiger partial charge on any atom is 0.337 e. The number of aromatic carboxylic acids is 1. The fourth-order valence-corrected chi connectivity index (χ4v) is 3.32. The highest BCUT2D eigenvalue weighted by molar-refractivity contribution is 8.18. The third-order valence-corrected chi connectivity index (χ3v) is 4.83. The lowest BCUT2D eigenvalue weighted by atomic mass is 10.2. The molecule has 1 aliphatic rings. The average molecular weight is 373 g/mol. The first-order chi connectivity index (χ1) is 12.0. The lowest BCUT2D eigenvalue weighted by Crippen LogP contribution is -2.23. The number of thioether (sulfide) groups is 1. The molecule has 0 spiro atoms. The van der Waals surface area contributed by atoms with E-state index in [0.717, 1.165) is 5.56 Å². The number of para-hydroxylation sites is 1. The van der Waals surface area contributed by atoms with Crippen molar-refractivity contribution in [3.05, 3.63) is 69.6 Å². The fourth-order valence-electron chi connectivity index (χ4n) is 2.22. The molecule has 1 heterocycles. The number of amidine groups is 1. The number of carboxylic acids is 1. The summed E-state index contributed by atoms with van der Waals surface area (Å²) < 4.78 is 0. The van der Waals surface area contributed by atoms with Crippen LogP contribution in [0.1, 0.15) is 15.9 Å². The van der Waals surface area contributed by atoms with Crippen LogP contribution in [0.4, 0.5) is 5.69 Å². The number of benzene rings is 2. The number of hydrogen-bond donors (Lipinski definition) is 1. The minimum Gasteiger partial charge on any atom is -0.478 e. The van der Waals surface area contributed by atoms with Crippen molar-refractivity contribution in [3.63, 3.8) is 0 Å². The van der Waals surface area contributed by atoms with Crippen LogP contribution in [-0.4, -0.2) is 34.1 Å². The summed E-state index contributed by atoms with van der Waals surface area (Å²) in [6.07, 6.45) is 1.76. The lowest BCUT2D eigenvalue weighted by molar-refractivity contribution is -0.121. The van der Waals surface area contributed by atoms with Crippen molar-refractivity contribution in [2.24, 2.45) is 4.99 Å². The van der Waals surface area contributed by atoms with Crippen molar-refractivity contribution in [1.82, 2.24) is 4.90 Å². The molecule has 7 heteroatoms. The van der Waals surface area contributed by atoms with Gasteiger partial charge in [0.25, 0.3) is 5.91 Å². The zero-order valence-electron chi connectivity index (χ0n) is 13.1. The predicted octanol–water partition coefficient (Wildman–Crippen LogP) is 4.27. The summed E-state index contributed by atoms with van der Waals surface area (Å²) in [6, 6.07) is 13.6. The summed E-state index contributed by atoms with van der Waals surface area (Å²) in [7, 11) is 1.61. The molecule has 0 aromatic heterocycles. The molecule has 0 bridgehead atoms. The van der Waals surface area contributed by atoms with Gasteiger partial charge in [0.05, 0.1) is 16.2 Å². The van der Waals surface area contributed by atoms with Gasteiger partial charge in [0.1, 0.15) is 0 Å². The van der Waals surface area contributed by atoms with Gasteiger partial charge in [-0.05, 0) is 47.7 Å². The third-order valence-electron chi connectivity index (χ3n) is 3.52. The van der Waals surface area contributed by atoms with Crippen LogP contribution in [0.2, 0.25) is 5.02 Å². The van der Waals surface area contributed by atoms with Crippen LogP contribution in [-0.2, 0) is 4.79 Å². The molecular weight excluding hydrogens is 360 g/mol. The zero-order valence-corrected chi connectivity index (χ0v) is 14.7. The Hall–Kier alpha value is -2.57. The van der Waals surface area contributed by atoms with Crippen LogP contribution in [0.15, 0.2) is 58.4 Å². The Morgan fingerprint density at radius 3 is 2.56 bits per heavy atom. The van der Waals surface area contributed by atoms with Crippen molar-refractivity contribution >= 4 is 52.2 Å². The Bertz CT molecular complexity index is 907. The van der Waals surface area contributed by atoms with Crippen LogP contribution in [0, 0.1) is 0 Å². The van der Waals surface area contributed by atoms with Crippen molar-refractivity contribution in [2.75, 3.05) is 7.05 Å². The summed E-state index contributed by atoms with van der Waals surface area (Å²) in [5.41, 5.74) is 1.25. The average Bonchev–Trinajstić information content (AvgIpc) is 2.85. The quantitative estimate of drug-likeness (QED) is 0.817. The molecule has 1 saturated heterocycles. The monoisotopic (exact) mass is 372 g/mol. The summed E-state index contributed by atoms with van der Waals surface area (Å²) in [6.45, 7) is 0. The van der Waals surface area contributed by atoms with E-state index in [-0.39, 0.29) is 11.5 Å². The normalized spacial score (nSPS) is 17.5. The van der Waals surface area contributed by atoms with Gasteiger partial charge in [0.15, 0.2) is 5.17 Å². The molecule has 2 aromatic rings. The topological polar surface area (TPSA) is 70.0 Å². The van der Waals surface area contributed by atoms with E-state index in [1.165, 1.54) is 22.7 Å². The van der Waals surface area contributed by atoms with Gasteiger partial charge in [0, 0.05) is 12.1 Å². The number of aliphatic imine (C=N–C) groups is 1. The molecule has 0 radical (unpaired) electrons. The number of nitrogens with zero attached hydrogens (tertiary/aromatic N) is 2. The maximum absolute atomic E-state index is 12.4. The molecule has 126 valence electrons. The van der Waals surface area contributed by atoms with Crippen molar-refractivity contribution in [2.45, 2.75) is 0 Å². The molecule has 3 rings (SSSR count). The molecule has 1 aliphatic heterocycles. The molecule has 1 amide bonds. The van der Waals surface area contributed by atoms with Crippen LogP contribution < -0.4 is 0 Å². The maximum atomic E-state index is 12.4. The highest BCUT2D eigenvalue weighted by Gasteiger charge is 2.30. The Balaban J connectivity index is 1.94. The number of carbonyl (C=O) groups is 2. The first-order valence-corrected chi connectivity index (χ1v) is 8.49. The van der Waals surface area contributed by atoms with Gasteiger partial charge in [-0.2, -0.15) is 0 Å². The first kappa shape index (κ1) is 17.3. The van der Waals surface area contributed by atoms with Gasteiger partial charge in [-0.15, -0.1) is 0 Å². The van der Waals surface area contributed by atoms with E-state index in [1.54, 1.807) is 43.5 Å². The summed E-state index contributed by atoms with van der Waals surface area (Å²) in [4.78, 5) is 30.0. The molecule has 0 atom stereocenters. The van der Waals surface area contributed by atoms with Gasteiger partial charge < -0.3 is 5.11 Å². The number of amides is 1. The number of halogens is 1. The first-order valence-electron chi connectivity index (χ1n) is 7.30. The van der Waals surface area contributed by atoms with Gasteiger partial charge in [-0.1, -0.05) is 35.9 Å². The van der Waals surface area contributed by atoms with Crippen LogP contribution >= 0.6 is 23.4 Å². The van der Waals surface area contributed by atoms with Crippen LogP contribution in [0.25, 0.3) is 6.08 Å². The summed E-state index contributed by atoms with van der Waals surface area (Å²) >= 11 is 7.07. The Morgan fingerprint density at radius 2 is 1.88 bits per heavy atom. The SMILES string of the molecule is CN1C(=O)/C(=C/c2ccc(Cl)cc2)SC1=Nc1ccccc1C(=O)O. The van der Waals surface area contributed by atoms with E-state index in [2.05, 4.69) is 4.99 Å². The fraction of sp³-hybridized carbons (Fsp3) is 0.0556. The second-order valence-electron chi connectivity index (χ2n) is 5.24. The predicted molar refractivity (Wildman–Crippen MR) is 100 cm³/mol. The van der Waals surface area contributed by atoms with E-state index in [0.29, 0.717) is 20.8 Å². The van der Waals surface area contributed by atoms with E-state index in [4.69, 9.17) is 11.6 Å². The van der Waals surface area contributed by atoms with E-state index in [1.807, 2.05) is 12.1 Å². The number of likely N-dealkylation sites (N-methyl/N-ethyl adjacent to an activating group) is 1. The molecule has 5 nitrogen and oxygen atoms in total. The van der Waals surface area contributed by atoms with Crippen molar-refractivity contribution in [3.8, 4) is 0 Å². The van der Waals surface area contributed by atoms with Crippen LogP contribution in [0.3, 0.4) is 0 Å². The number of carbonyl (C=O) groups excluding carboxylic acids is 1. The second kappa shape index (κ2) is 7.13. The Morgan fingerprint density at radius 1 is 1.20 bits per heavy atom. The molecule has 1 N–H and O–H groups in total. The molecule has 0 aliphatic carbocycles. The van der Waals surface area contributed by atoms with Gasteiger partial charge >= 0.3 is 5.97 Å². The van der Waals surface area contributed by atoms with Crippen molar-refractivity contribution < 1.29 is 14.7 Å². The number of rotatable bonds is 3. The molecule has 0 saturated carbocycles. The largest absolute Gasteiger partial charge is 0.478 e. The highest BCUT2D eigenvalue weighted by atomic mass is 35.5. The Labute approximate surface area is 153 Å². The van der Waals surface area contributed by atoms with Gasteiger partial charge in [0.2, 0.25) is 0 Å². The summed E-state index contributed by atoms with van der Waals surface area (Å²) in [5.74, 6) is -1.25. The molecule has 2 aromatic carbocycles. The van der Waals surface area contributed by atoms with Crippen LogP contribution in [0.5, 0.6) is 0 Å². The molecule has 25 heavy (non-hydrogen) atoms. The lowest BCUT2D eigenvalue weighted by Gasteiger charge is -2.08. The van der Waals surface area contributed by atoms with E-state index in [9.17, 15) is 14.7 Å². The second-order valence-corrected chi connectivity index (χ2v) is 6.69. The van der Waals surface area contributed by atoms with Gasteiger partial charge in [-0.3, -0.25) is 9.69 Å². The van der Waals surface area contributed by atoms with Crippen molar-refractivity contribution in [1.29, 1.82) is 0 Å². The molecule has 1 fully saturated rings. The number of carboxylic acid groups (broad SMARTS) is 1. The molecular formula is C18H13ClN2O3S. The minimum absolute atomic E-state index is 0.0894. The minimum atomic E-state index is -1.06. The zero-order chi connectivity index (χ0) is 18.0. The molecule has 0 unspecified atom stereocenters. The summed E-state index contributed by atoms with van der Waals surface area (Å²) in [5, 5.41) is 10.3. The number of hydrogen-bond acceptors (Lipinski definition) is 4.